The van der Waals surface area contributed by atoms with E-state index >= 15 is 0 Å². The summed E-state index contributed by atoms with van der Waals surface area (Å²) in [6, 6.07) is 2.72. The van der Waals surface area contributed by atoms with Crippen LogP contribution in [0.25, 0.3) is 22.6 Å². The van der Waals surface area contributed by atoms with Crippen LogP contribution in [0.1, 0.15) is 66.0 Å². The second kappa shape index (κ2) is 9.44. The molecule has 3 aliphatic rings. The molecule has 1 aliphatic carbocycles. The van der Waals surface area contributed by atoms with Crippen LogP contribution >= 0.6 is 11.3 Å². The lowest BCUT2D eigenvalue weighted by Gasteiger charge is -2.38. The van der Waals surface area contributed by atoms with Gasteiger partial charge < -0.3 is 19.9 Å². The average Bonchev–Trinajstić information content (AvgIpc) is 3.72. The van der Waals surface area contributed by atoms with Crippen LogP contribution in [0.5, 0.6) is 0 Å². The number of hydrogen-bond donors (Lipinski definition) is 1. The van der Waals surface area contributed by atoms with E-state index < -0.39 is 16.2 Å². The summed E-state index contributed by atoms with van der Waals surface area (Å²) in [7, 11) is 0.758. The van der Waals surface area contributed by atoms with Gasteiger partial charge in [-0.3, -0.25) is 4.21 Å². The van der Waals surface area contributed by atoms with Gasteiger partial charge in [0.25, 0.3) is 0 Å². The summed E-state index contributed by atoms with van der Waals surface area (Å²) in [6.45, 7) is 3.87. The minimum absolute atomic E-state index is 0.0674. The van der Waals surface area contributed by atoms with Gasteiger partial charge in [-0.1, -0.05) is 5.16 Å². The van der Waals surface area contributed by atoms with Gasteiger partial charge in [-0.2, -0.15) is 10.4 Å². The van der Waals surface area contributed by atoms with Gasteiger partial charge in [0.05, 0.1) is 58.2 Å². The second-order valence-electron chi connectivity index (χ2n) is 11.1. The molecule has 1 spiro atoms. The number of fused-ring (bicyclic) bond motifs is 5. The van der Waals surface area contributed by atoms with Gasteiger partial charge in [0.15, 0.2) is 22.9 Å². The highest BCUT2D eigenvalue weighted by Gasteiger charge is 2.50. The van der Waals surface area contributed by atoms with Crippen molar-refractivity contribution in [1.82, 2.24) is 29.8 Å². The molecule has 0 aromatic carbocycles. The maximum Gasteiger partial charge on any atom is 0.185 e. The normalized spacial score (nSPS) is 24.2. The first kappa shape index (κ1) is 25.8. The molecule has 4 aromatic heterocycles. The van der Waals surface area contributed by atoms with Crippen molar-refractivity contribution in [2.24, 2.45) is 0 Å². The van der Waals surface area contributed by atoms with E-state index in [1.54, 1.807) is 12.5 Å². The number of nitrogens with two attached hydrogens (primary N) is 1. The fourth-order valence-electron chi connectivity index (χ4n) is 6.96. The predicted molar refractivity (Wildman–Crippen MR) is 150 cm³/mol. The Morgan fingerprint density at radius 1 is 1.35 bits per heavy atom. The van der Waals surface area contributed by atoms with Crippen LogP contribution in [0.2, 0.25) is 0 Å². The summed E-state index contributed by atoms with van der Waals surface area (Å²) in [5.74, 6) is 1.01. The number of ether oxygens (including phenoxy) is 1. The van der Waals surface area contributed by atoms with Gasteiger partial charge in [-0.25, -0.2) is 14.6 Å². The van der Waals surface area contributed by atoms with Gasteiger partial charge in [0.2, 0.25) is 0 Å². The first-order valence-electron chi connectivity index (χ1n) is 13.5. The molecule has 1 fully saturated rings. The largest absolute Gasteiger partial charge is 0.389 e. The Bertz CT molecular complexity index is 1710. The van der Waals surface area contributed by atoms with Crippen molar-refractivity contribution in [2.75, 3.05) is 32.2 Å². The smallest absolute Gasteiger partial charge is 0.185 e. The molecule has 2 unspecified atom stereocenters. The minimum atomic E-state index is -1.38. The van der Waals surface area contributed by atoms with Gasteiger partial charge in [0.1, 0.15) is 16.1 Å². The highest BCUT2D eigenvalue weighted by Crippen LogP contribution is 2.52. The quantitative estimate of drug-likeness (QED) is 0.356. The number of nitrogens with zero attached hydrogens (tertiary/aromatic N) is 7. The number of thiophene rings is 1. The monoisotopic (exact) mass is 578 g/mol. The molecule has 4 aromatic rings. The van der Waals surface area contributed by atoms with E-state index in [0.717, 1.165) is 54.7 Å². The summed E-state index contributed by atoms with van der Waals surface area (Å²) >= 11 is 1.48. The number of aryl methyl sites for hydroxylation is 1. The standard InChI is InChI=1S/C27H30N8O3S2/c1-14(18-6-5-9-34(18)2)35-25-16(11-30-35)26(40(3)36)32-24(31-25)21-17-12-37-13-27(22(17)38-33-21)8-4-7-19-20(27)15(10-28)23(29)39-19/h11,14,18H,4-9,12-13,29H2,1-3H3/t14-,18-,27?,40?/m0/s1. The third-order valence-electron chi connectivity index (χ3n) is 8.85. The molecule has 2 aliphatic heterocycles. The van der Waals surface area contributed by atoms with Gasteiger partial charge in [0, 0.05) is 22.7 Å². The maximum atomic E-state index is 12.9. The third kappa shape index (κ3) is 3.62. The van der Waals surface area contributed by atoms with Crippen molar-refractivity contribution >= 4 is 38.2 Å². The van der Waals surface area contributed by atoms with Crippen molar-refractivity contribution in [3.8, 4) is 17.6 Å². The lowest BCUT2D eigenvalue weighted by molar-refractivity contribution is 0.0459. The SMILES string of the molecule is C[C@@H]([C@@H]1CCCN1C)n1ncc2c(S(C)=O)nc(-c3noc4c3COCC43CCCc4sc(N)c(C#N)c43)nc21. The van der Waals surface area contributed by atoms with E-state index in [2.05, 4.69) is 35.2 Å². The fraction of sp³-hybridized carbons (Fsp3) is 0.519. The molecule has 4 atom stereocenters. The van der Waals surface area contributed by atoms with E-state index in [1.165, 1.54) is 11.3 Å². The van der Waals surface area contributed by atoms with Crippen LogP contribution in [-0.4, -0.2) is 66.5 Å². The van der Waals surface area contributed by atoms with Crippen LogP contribution in [0.4, 0.5) is 5.00 Å². The molecule has 0 radical (unpaired) electrons. The van der Waals surface area contributed by atoms with Crippen molar-refractivity contribution in [3.05, 3.63) is 33.5 Å². The predicted octanol–water partition coefficient (Wildman–Crippen LogP) is 3.54. The highest BCUT2D eigenvalue weighted by molar-refractivity contribution is 7.84. The lowest BCUT2D eigenvalue weighted by Crippen LogP contribution is -2.40. The van der Waals surface area contributed by atoms with E-state index in [-0.39, 0.29) is 12.6 Å². The minimum Gasteiger partial charge on any atom is -0.389 e. The third-order valence-corrected chi connectivity index (χ3v) is 10.8. The van der Waals surface area contributed by atoms with Crippen molar-refractivity contribution in [1.29, 1.82) is 5.26 Å². The van der Waals surface area contributed by atoms with Crippen molar-refractivity contribution in [2.45, 2.75) is 68.2 Å². The number of nitriles is 1. The lowest BCUT2D eigenvalue weighted by atomic mass is 9.68. The molecular weight excluding hydrogens is 548 g/mol. The molecule has 40 heavy (non-hydrogen) atoms. The van der Waals surface area contributed by atoms with E-state index in [1.807, 2.05) is 4.68 Å². The molecule has 1 saturated heterocycles. The Labute approximate surface area is 237 Å². The molecule has 11 nitrogen and oxygen atoms in total. The number of anilines is 1. The first-order chi connectivity index (χ1) is 19.3. The molecule has 6 heterocycles. The average molecular weight is 579 g/mol. The van der Waals surface area contributed by atoms with Gasteiger partial charge in [-0.15, -0.1) is 11.3 Å². The van der Waals surface area contributed by atoms with Crippen LogP contribution in [-0.2, 0) is 34.0 Å². The Balaban J connectivity index is 1.39. The second-order valence-corrected chi connectivity index (χ2v) is 13.5. The Morgan fingerprint density at radius 2 is 2.20 bits per heavy atom. The molecule has 208 valence electrons. The number of hydrogen-bond acceptors (Lipinski definition) is 11. The number of rotatable bonds is 4. The number of likely N-dealkylation sites (N-methyl/N-ethyl adjacent to an activating group) is 1. The van der Waals surface area contributed by atoms with Crippen molar-refractivity contribution in [3.63, 3.8) is 0 Å². The topological polar surface area (TPSA) is 149 Å². The number of aromatic nitrogens is 5. The maximum absolute atomic E-state index is 12.9. The Morgan fingerprint density at radius 3 is 2.95 bits per heavy atom. The molecule has 0 bridgehead atoms. The molecule has 7 rings (SSSR count). The summed E-state index contributed by atoms with van der Waals surface area (Å²) in [6.07, 6.45) is 8.11. The number of nitrogen functional groups attached to an aromatic ring is 1. The zero-order valence-corrected chi connectivity index (χ0v) is 24.3. The fourth-order valence-corrected chi connectivity index (χ4v) is 8.79. The molecule has 13 heteroatoms. The highest BCUT2D eigenvalue weighted by atomic mass is 32.2. The van der Waals surface area contributed by atoms with Crippen LogP contribution in [0.3, 0.4) is 0 Å². The van der Waals surface area contributed by atoms with E-state index in [4.69, 9.17) is 25.0 Å². The van der Waals surface area contributed by atoms with Gasteiger partial charge >= 0.3 is 0 Å². The summed E-state index contributed by atoms with van der Waals surface area (Å²) in [5, 5.41) is 20.7. The zero-order chi connectivity index (χ0) is 27.8. The number of likely N-dealkylation sites (tertiary alicyclic amines) is 1. The summed E-state index contributed by atoms with van der Waals surface area (Å²) < 4.78 is 27.1. The Hall–Kier alpha value is -3.18. The summed E-state index contributed by atoms with van der Waals surface area (Å²) in [5.41, 5.74) is 8.89. The van der Waals surface area contributed by atoms with E-state index in [9.17, 15) is 9.47 Å². The molecule has 2 N–H and O–H groups in total. The summed E-state index contributed by atoms with van der Waals surface area (Å²) in [4.78, 5) is 13.1. The Kier molecular flexibility index (Phi) is 6.08. The molecule has 0 amide bonds. The van der Waals surface area contributed by atoms with Crippen LogP contribution in [0.15, 0.2) is 15.7 Å². The molecule has 0 saturated carbocycles. The van der Waals surface area contributed by atoms with Crippen LogP contribution in [0, 0.1) is 11.3 Å². The zero-order valence-electron chi connectivity index (χ0n) is 22.6. The van der Waals surface area contributed by atoms with Gasteiger partial charge in [-0.05, 0) is 52.6 Å². The molecular formula is C27H30N8O3S2. The van der Waals surface area contributed by atoms with Crippen molar-refractivity contribution < 1.29 is 13.5 Å². The van der Waals surface area contributed by atoms with E-state index in [0.29, 0.717) is 56.6 Å². The van der Waals surface area contributed by atoms with Crippen LogP contribution < -0.4 is 5.73 Å². The first-order valence-corrected chi connectivity index (χ1v) is 15.9.